The summed E-state index contributed by atoms with van der Waals surface area (Å²) in [5.74, 6) is 1.45. The molecule has 1 saturated heterocycles. The van der Waals surface area contributed by atoms with Gasteiger partial charge in [-0.3, -0.25) is 4.90 Å². The lowest BCUT2D eigenvalue weighted by molar-refractivity contribution is 0.133. The third-order valence-electron chi connectivity index (χ3n) is 3.45. The van der Waals surface area contributed by atoms with E-state index in [4.69, 9.17) is 15.2 Å². The quantitative estimate of drug-likeness (QED) is 0.802. The molecule has 0 bridgehead atoms. The molecule has 1 aromatic rings. The van der Waals surface area contributed by atoms with Gasteiger partial charge >= 0.3 is 0 Å². The first-order chi connectivity index (χ1) is 9.19. The Bertz CT molecular complexity index is 404. The summed E-state index contributed by atoms with van der Waals surface area (Å²) in [7, 11) is 3.80. The highest BCUT2D eigenvalue weighted by molar-refractivity contribution is 5.51. The van der Waals surface area contributed by atoms with Crippen LogP contribution in [0.3, 0.4) is 0 Å². The number of anilines is 1. The van der Waals surface area contributed by atoms with E-state index in [-0.39, 0.29) is 0 Å². The first-order valence-electron chi connectivity index (χ1n) is 6.66. The molecular weight excluding hydrogens is 242 g/mol. The smallest absolute Gasteiger partial charge is 0.163 e. The van der Waals surface area contributed by atoms with Crippen LogP contribution in [0, 0.1) is 0 Å². The molecule has 1 aliphatic heterocycles. The maximum Gasteiger partial charge on any atom is 0.163 e. The number of hydrogen-bond donors (Lipinski definition) is 1. The molecule has 1 aromatic carbocycles. The van der Waals surface area contributed by atoms with Crippen molar-refractivity contribution in [2.75, 3.05) is 59.2 Å². The molecule has 0 amide bonds. The Labute approximate surface area is 114 Å². The second kappa shape index (κ2) is 6.63. The molecule has 1 fully saturated rings. The zero-order chi connectivity index (χ0) is 13.7. The van der Waals surface area contributed by atoms with Crippen LogP contribution in [0.25, 0.3) is 0 Å². The van der Waals surface area contributed by atoms with E-state index >= 15 is 0 Å². The van der Waals surface area contributed by atoms with E-state index in [0.717, 1.165) is 44.2 Å². The number of nitrogens with zero attached hydrogens (tertiary/aromatic N) is 2. The first kappa shape index (κ1) is 14.0. The molecule has 106 valence electrons. The van der Waals surface area contributed by atoms with Crippen molar-refractivity contribution in [3.8, 4) is 11.5 Å². The van der Waals surface area contributed by atoms with Gasteiger partial charge in [-0.15, -0.1) is 0 Å². The Hall–Kier alpha value is -1.46. The molecule has 2 N–H and O–H groups in total. The number of nitrogen functional groups attached to an aromatic ring is 1. The van der Waals surface area contributed by atoms with Crippen LogP contribution in [-0.2, 0) is 0 Å². The lowest BCUT2D eigenvalue weighted by atomic mass is 10.3. The summed E-state index contributed by atoms with van der Waals surface area (Å²) < 4.78 is 11.0. The van der Waals surface area contributed by atoms with Crippen LogP contribution in [0.4, 0.5) is 5.69 Å². The predicted molar refractivity (Wildman–Crippen MR) is 76.8 cm³/mol. The standard InChI is InChI=1S/C14H23N3O2/c1-16-5-7-17(8-6-16)9-10-19-14-11-12(15)3-4-13(14)18-2/h3-4,11H,5-10,15H2,1-2H3. The van der Waals surface area contributed by atoms with E-state index in [2.05, 4.69) is 16.8 Å². The molecule has 0 aromatic heterocycles. The lowest BCUT2D eigenvalue weighted by Gasteiger charge is -2.32. The monoisotopic (exact) mass is 265 g/mol. The number of methoxy groups -OCH3 is 1. The van der Waals surface area contributed by atoms with E-state index in [1.165, 1.54) is 0 Å². The molecular formula is C14H23N3O2. The van der Waals surface area contributed by atoms with Gasteiger partial charge < -0.3 is 20.1 Å². The SMILES string of the molecule is COc1ccc(N)cc1OCCN1CCN(C)CC1. The lowest BCUT2D eigenvalue weighted by Crippen LogP contribution is -2.45. The van der Waals surface area contributed by atoms with Crippen molar-refractivity contribution in [1.82, 2.24) is 9.80 Å². The summed E-state index contributed by atoms with van der Waals surface area (Å²) in [5, 5.41) is 0. The van der Waals surface area contributed by atoms with Gasteiger partial charge in [0.15, 0.2) is 11.5 Å². The minimum atomic E-state index is 0.656. The summed E-state index contributed by atoms with van der Waals surface area (Å²) >= 11 is 0. The Morgan fingerprint density at radius 3 is 2.58 bits per heavy atom. The third kappa shape index (κ3) is 4.01. The Morgan fingerprint density at radius 2 is 1.89 bits per heavy atom. The van der Waals surface area contributed by atoms with Gasteiger partial charge in [0, 0.05) is 44.5 Å². The zero-order valence-electron chi connectivity index (χ0n) is 11.8. The van der Waals surface area contributed by atoms with Crippen molar-refractivity contribution in [2.45, 2.75) is 0 Å². The number of hydrogen-bond acceptors (Lipinski definition) is 5. The molecule has 0 radical (unpaired) electrons. The highest BCUT2D eigenvalue weighted by Gasteiger charge is 2.13. The van der Waals surface area contributed by atoms with Gasteiger partial charge in [0.2, 0.25) is 0 Å². The second-order valence-corrected chi connectivity index (χ2v) is 4.90. The number of likely N-dealkylation sites (N-methyl/N-ethyl adjacent to an activating group) is 1. The minimum absolute atomic E-state index is 0.656. The molecule has 1 aliphatic rings. The first-order valence-corrected chi connectivity index (χ1v) is 6.66. The third-order valence-corrected chi connectivity index (χ3v) is 3.45. The van der Waals surface area contributed by atoms with Gasteiger partial charge in [-0.1, -0.05) is 0 Å². The highest BCUT2D eigenvalue weighted by atomic mass is 16.5. The van der Waals surface area contributed by atoms with Crippen LogP contribution < -0.4 is 15.2 Å². The van der Waals surface area contributed by atoms with Gasteiger partial charge in [0.05, 0.1) is 7.11 Å². The summed E-state index contributed by atoms with van der Waals surface area (Å²) in [6.45, 7) is 6.06. The van der Waals surface area contributed by atoms with Crippen LogP contribution >= 0.6 is 0 Å². The van der Waals surface area contributed by atoms with Crippen molar-refractivity contribution < 1.29 is 9.47 Å². The van der Waals surface area contributed by atoms with Crippen molar-refractivity contribution >= 4 is 5.69 Å². The van der Waals surface area contributed by atoms with Gasteiger partial charge in [0.25, 0.3) is 0 Å². The molecule has 0 unspecified atom stereocenters. The topological polar surface area (TPSA) is 51.0 Å². The number of benzene rings is 1. The van der Waals surface area contributed by atoms with Gasteiger partial charge in [-0.25, -0.2) is 0 Å². The summed E-state index contributed by atoms with van der Waals surface area (Å²) in [5.41, 5.74) is 6.45. The zero-order valence-corrected chi connectivity index (χ0v) is 11.8. The number of ether oxygens (including phenoxy) is 2. The fraction of sp³-hybridized carbons (Fsp3) is 0.571. The van der Waals surface area contributed by atoms with Crippen LogP contribution in [0.2, 0.25) is 0 Å². The Morgan fingerprint density at radius 1 is 1.16 bits per heavy atom. The van der Waals surface area contributed by atoms with Crippen molar-refractivity contribution in [3.05, 3.63) is 18.2 Å². The van der Waals surface area contributed by atoms with Crippen LogP contribution in [0.5, 0.6) is 11.5 Å². The number of nitrogens with two attached hydrogens (primary N) is 1. The summed E-state index contributed by atoms with van der Waals surface area (Å²) in [6, 6.07) is 5.45. The highest BCUT2D eigenvalue weighted by Crippen LogP contribution is 2.28. The average molecular weight is 265 g/mol. The molecule has 5 heteroatoms. The van der Waals surface area contributed by atoms with E-state index in [1.807, 2.05) is 18.2 Å². The second-order valence-electron chi connectivity index (χ2n) is 4.90. The Kier molecular flexibility index (Phi) is 4.87. The maximum absolute atomic E-state index is 5.78. The molecule has 0 spiro atoms. The van der Waals surface area contributed by atoms with Crippen LogP contribution in [0.15, 0.2) is 18.2 Å². The molecule has 19 heavy (non-hydrogen) atoms. The normalized spacial score (nSPS) is 17.4. The van der Waals surface area contributed by atoms with Crippen molar-refractivity contribution in [3.63, 3.8) is 0 Å². The predicted octanol–water partition coefficient (Wildman–Crippen LogP) is 0.904. The van der Waals surface area contributed by atoms with Crippen LogP contribution in [0.1, 0.15) is 0 Å². The average Bonchev–Trinajstić information content (AvgIpc) is 2.41. The molecule has 2 rings (SSSR count). The van der Waals surface area contributed by atoms with Crippen molar-refractivity contribution in [1.29, 1.82) is 0 Å². The summed E-state index contributed by atoms with van der Waals surface area (Å²) in [4.78, 5) is 4.76. The fourth-order valence-corrected chi connectivity index (χ4v) is 2.16. The minimum Gasteiger partial charge on any atom is -0.493 e. The molecule has 0 saturated carbocycles. The maximum atomic E-state index is 5.78. The van der Waals surface area contributed by atoms with Crippen LogP contribution in [-0.4, -0.2) is 63.3 Å². The Balaban J connectivity index is 1.80. The molecule has 1 heterocycles. The van der Waals surface area contributed by atoms with Crippen molar-refractivity contribution in [2.24, 2.45) is 0 Å². The number of rotatable bonds is 5. The van der Waals surface area contributed by atoms with E-state index in [9.17, 15) is 0 Å². The van der Waals surface area contributed by atoms with Gasteiger partial charge in [-0.05, 0) is 19.2 Å². The molecule has 5 nitrogen and oxygen atoms in total. The largest absolute Gasteiger partial charge is 0.493 e. The molecule has 0 atom stereocenters. The van der Waals surface area contributed by atoms with Gasteiger partial charge in [-0.2, -0.15) is 0 Å². The molecule has 0 aliphatic carbocycles. The van der Waals surface area contributed by atoms with E-state index in [1.54, 1.807) is 7.11 Å². The van der Waals surface area contributed by atoms with Gasteiger partial charge in [0.1, 0.15) is 6.61 Å². The fourth-order valence-electron chi connectivity index (χ4n) is 2.16. The van der Waals surface area contributed by atoms with E-state index in [0.29, 0.717) is 12.3 Å². The summed E-state index contributed by atoms with van der Waals surface area (Å²) in [6.07, 6.45) is 0. The number of piperazine rings is 1. The van der Waals surface area contributed by atoms with E-state index < -0.39 is 0 Å².